The molecule has 1 aromatic heterocycles. The fourth-order valence-corrected chi connectivity index (χ4v) is 2.84. The van der Waals surface area contributed by atoms with Crippen LogP contribution >= 0.6 is 11.8 Å². The van der Waals surface area contributed by atoms with E-state index in [9.17, 15) is 9.59 Å². The normalized spacial score (nSPS) is 19.1. The number of nitrogens with one attached hydrogen (secondary N) is 2. The Morgan fingerprint density at radius 2 is 2.22 bits per heavy atom. The van der Waals surface area contributed by atoms with E-state index in [1.165, 1.54) is 11.8 Å². The first kappa shape index (κ1) is 17.8. The third kappa shape index (κ3) is 5.53. The Morgan fingerprint density at radius 3 is 2.91 bits per heavy atom. The largest absolute Gasteiger partial charge is 0.354 e. The summed E-state index contributed by atoms with van der Waals surface area (Å²) in [5.74, 6) is 1.71. The van der Waals surface area contributed by atoms with Crippen LogP contribution in [0.1, 0.15) is 51.7 Å². The van der Waals surface area contributed by atoms with Crippen molar-refractivity contribution in [1.82, 2.24) is 20.8 Å². The van der Waals surface area contributed by atoms with Crippen molar-refractivity contribution < 1.29 is 14.1 Å². The smallest absolute Gasteiger partial charge is 0.242 e. The maximum atomic E-state index is 11.9. The predicted octanol–water partition coefficient (Wildman–Crippen LogP) is 1.39. The van der Waals surface area contributed by atoms with E-state index in [0.717, 1.165) is 12.8 Å². The summed E-state index contributed by atoms with van der Waals surface area (Å²) in [7, 11) is 0. The minimum absolute atomic E-state index is 0.0890. The number of amides is 2. The summed E-state index contributed by atoms with van der Waals surface area (Å²) < 4.78 is 5.21. The molecular formula is C15H24N4O3S. The van der Waals surface area contributed by atoms with E-state index in [1.54, 1.807) is 0 Å². The minimum Gasteiger partial charge on any atom is -0.354 e. The molecule has 0 aromatic carbocycles. The van der Waals surface area contributed by atoms with Gasteiger partial charge in [0, 0.05) is 12.0 Å². The highest BCUT2D eigenvalue weighted by Crippen LogP contribution is 2.21. The quantitative estimate of drug-likeness (QED) is 0.840. The van der Waals surface area contributed by atoms with Crippen LogP contribution in [-0.2, 0) is 20.8 Å². The number of carbonyl (C=O) groups excluding carboxylic acids is 2. The summed E-state index contributed by atoms with van der Waals surface area (Å²) in [5, 5.41) is 9.51. The Hall–Kier alpha value is -1.57. The number of carbonyl (C=O) groups is 2. The van der Waals surface area contributed by atoms with Crippen LogP contribution in [0.2, 0.25) is 0 Å². The van der Waals surface area contributed by atoms with Crippen molar-refractivity contribution in [1.29, 1.82) is 0 Å². The zero-order chi connectivity index (χ0) is 16.9. The topological polar surface area (TPSA) is 97.1 Å². The first-order valence-electron chi connectivity index (χ1n) is 7.84. The molecule has 8 heteroatoms. The molecule has 0 saturated carbocycles. The molecule has 1 unspecified atom stereocenters. The Morgan fingerprint density at radius 1 is 1.43 bits per heavy atom. The fourth-order valence-electron chi connectivity index (χ4n) is 2.17. The van der Waals surface area contributed by atoms with Crippen LogP contribution in [0.5, 0.6) is 0 Å². The Labute approximate surface area is 140 Å². The van der Waals surface area contributed by atoms with Gasteiger partial charge in [0.25, 0.3) is 0 Å². The fraction of sp³-hybridized carbons (Fsp3) is 0.733. The number of thioether (sulfide) groups is 1. The highest BCUT2D eigenvalue weighted by atomic mass is 32.2. The molecule has 1 aliphatic heterocycles. The van der Waals surface area contributed by atoms with Gasteiger partial charge in [0.05, 0.1) is 11.5 Å². The molecule has 2 amide bonds. The second kappa shape index (κ2) is 7.81. The summed E-state index contributed by atoms with van der Waals surface area (Å²) in [6.45, 7) is 6.70. The van der Waals surface area contributed by atoms with Crippen LogP contribution < -0.4 is 10.6 Å². The predicted molar refractivity (Wildman–Crippen MR) is 88.0 cm³/mol. The Kier molecular flexibility index (Phi) is 6.04. The lowest BCUT2D eigenvalue weighted by atomic mass is 9.97. The molecule has 0 spiro atoms. The van der Waals surface area contributed by atoms with Gasteiger partial charge in [-0.2, -0.15) is 4.98 Å². The first-order valence-corrected chi connectivity index (χ1v) is 8.99. The van der Waals surface area contributed by atoms with Crippen molar-refractivity contribution in [3.8, 4) is 0 Å². The molecule has 128 valence electrons. The average Bonchev–Trinajstić information content (AvgIpc) is 2.86. The number of aromatic nitrogens is 2. The maximum Gasteiger partial charge on any atom is 0.242 e. The molecule has 2 N–H and O–H groups in total. The standard InChI is InChI=1S/C15H24N4O3S/c1-15(2,3)14-18-11(19-22-14)8-23-9-12(20)17-10-6-4-5-7-16-13(10)21/h10H,4-9H2,1-3H3,(H,16,21)(H,17,20). The molecule has 23 heavy (non-hydrogen) atoms. The van der Waals surface area contributed by atoms with Gasteiger partial charge in [0.1, 0.15) is 6.04 Å². The van der Waals surface area contributed by atoms with E-state index in [4.69, 9.17) is 4.52 Å². The third-order valence-electron chi connectivity index (χ3n) is 3.44. The second-order valence-corrected chi connectivity index (χ2v) is 7.65. The summed E-state index contributed by atoms with van der Waals surface area (Å²) >= 11 is 1.40. The summed E-state index contributed by atoms with van der Waals surface area (Å²) in [4.78, 5) is 28.0. The zero-order valence-electron chi connectivity index (χ0n) is 13.8. The van der Waals surface area contributed by atoms with E-state index < -0.39 is 6.04 Å². The third-order valence-corrected chi connectivity index (χ3v) is 4.37. The van der Waals surface area contributed by atoms with Crippen LogP contribution in [0.25, 0.3) is 0 Å². The number of nitrogens with zero attached hydrogens (tertiary/aromatic N) is 2. The van der Waals surface area contributed by atoms with Crippen LogP contribution in [-0.4, -0.2) is 40.3 Å². The molecule has 1 aliphatic rings. The van der Waals surface area contributed by atoms with Crippen molar-refractivity contribution >= 4 is 23.6 Å². The molecule has 2 rings (SSSR count). The molecule has 0 aliphatic carbocycles. The summed E-state index contributed by atoms with van der Waals surface area (Å²) in [6, 6.07) is -0.414. The van der Waals surface area contributed by atoms with Gasteiger partial charge in [-0.25, -0.2) is 0 Å². The first-order chi connectivity index (χ1) is 10.9. The summed E-state index contributed by atoms with van der Waals surface area (Å²) in [5.41, 5.74) is -0.180. The van der Waals surface area contributed by atoms with Crippen molar-refractivity contribution in [3.05, 3.63) is 11.7 Å². The number of hydrogen-bond donors (Lipinski definition) is 2. The molecule has 1 saturated heterocycles. The monoisotopic (exact) mass is 340 g/mol. The second-order valence-electron chi connectivity index (χ2n) is 6.67. The molecular weight excluding hydrogens is 316 g/mol. The van der Waals surface area contributed by atoms with E-state index in [0.29, 0.717) is 30.4 Å². The molecule has 1 atom stereocenters. The Bertz CT molecular complexity index is 553. The van der Waals surface area contributed by atoms with Gasteiger partial charge in [-0.05, 0) is 19.3 Å². The van der Waals surface area contributed by atoms with Crippen molar-refractivity contribution in [2.75, 3.05) is 12.3 Å². The van der Waals surface area contributed by atoms with Crippen molar-refractivity contribution in [2.45, 2.75) is 57.2 Å². The lowest BCUT2D eigenvalue weighted by Crippen LogP contribution is -2.46. The van der Waals surface area contributed by atoms with E-state index in [2.05, 4.69) is 20.8 Å². The number of rotatable bonds is 5. The van der Waals surface area contributed by atoms with Gasteiger partial charge in [0.2, 0.25) is 17.7 Å². The molecule has 1 aromatic rings. The lowest BCUT2D eigenvalue weighted by Gasteiger charge is -2.14. The lowest BCUT2D eigenvalue weighted by molar-refractivity contribution is -0.127. The van der Waals surface area contributed by atoms with Gasteiger partial charge < -0.3 is 15.2 Å². The molecule has 1 fully saturated rings. The van der Waals surface area contributed by atoms with Gasteiger partial charge in [0.15, 0.2) is 5.82 Å². The minimum atomic E-state index is -0.414. The van der Waals surface area contributed by atoms with Crippen molar-refractivity contribution in [3.63, 3.8) is 0 Å². The zero-order valence-corrected chi connectivity index (χ0v) is 14.7. The molecule has 7 nitrogen and oxygen atoms in total. The van der Waals surface area contributed by atoms with E-state index >= 15 is 0 Å². The van der Waals surface area contributed by atoms with Crippen LogP contribution in [0.15, 0.2) is 4.52 Å². The van der Waals surface area contributed by atoms with Gasteiger partial charge in [-0.1, -0.05) is 25.9 Å². The van der Waals surface area contributed by atoms with E-state index in [-0.39, 0.29) is 23.0 Å². The highest BCUT2D eigenvalue weighted by molar-refractivity contribution is 7.99. The molecule has 0 radical (unpaired) electrons. The molecule has 2 heterocycles. The number of hydrogen-bond acceptors (Lipinski definition) is 6. The Balaban J connectivity index is 1.74. The molecule has 0 bridgehead atoms. The van der Waals surface area contributed by atoms with Crippen LogP contribution in [0.4, 0.5) is 0 Å². The maximum absolute atomic E-state index is 11.9. The van der Waals surface area contributed by atoms with Crippen LogP contribution in [0.3, 0.4) is 0 Å². The van der Waals surface area contributed by atoms with E-state index in [1.807, 2.05) is 20.8 Å². The van der Waals surface area contributed by atoms with Gasteiger partial charge >= 0.3 is 0 Å². The summed E-state index contributed by atoms with van der Waals surface area (Å²) in [6.07, 6.45) is 2.60. The SMILES string of the molecule is CC(C)(C)c1nc(CSCC(=O)NC2CCCCNC2=O)no1. The van der Waals surface area contributed by atoms with Gasteiger partial charge in [-0.3, -0.25) is 9.59 Å². The van der Waals surface area contributed by atoms with Crippen molar-refractivity contribution in [2.24, 2.45) is 0 Å². The van der Waals surface area contributed by atoms with Crippen LogP contribution in [0, 0.1) is 0 Å². The van der Waals surface area contributed by atoms with Gasteiger partial charge in [-0.15, -0.1) is 11.8 Å². The average molecular weight is 340 g/mol. The highest BCUT2D eigenvalue weighted by Gasteiger charge is 2.23.